The van der Waals surface area contributed by atoms with Crippen LogP contribution in [-0.2, 0) is 14.4 Å². The van der Waals surface area contributed by atoms with Gasteiger partial charge in [0.1, 0.15) is 12.0 Å². The molecule has 112 valence electrons. The Balaban J connectivity index is 1.58. The van der Waals surface area contributed by atoms with Crippen LogP contribution in [0.15, 0.2) is 35.2 Å². The summed E-state index contributed by atoms with van der Waals surface area (Å²) in [5.74, 6) is -0.179. The van der Waals surface area contributed by atoms with Gasteiger partial charge in [0.2, 0.25) is 0 Å². The number of fused-ring (bicyclic) bond motifs is 3. The van der Waals surface area contributed by atoms with Crippen molar-refractivity contribution in [1.82, 2.24) is 5.06 Å². The summed E-state index contributed by atoms with van der Waals surface area (Å²) >= 11 is 1.81. The fraction of sp³-hybridized carbons (Fsp3) is 0.562. The Bertz CT molecular complexity index is 524. The summed E-state index contributed by atoms with van der Waals surface area (Å²) in [5, 5.41) is 2.30. The van der Waals surface area contributed by atoms with E-state index in [9.17, 15) is 4.79 Å². The summed E-state index contributed by atoms with van der Waals surface area (Å²) in [6.45, 7) is 1.44. The molecule has 0 aliphatic carbocycles. The highest BCUT2D eigenvalue weighted by atomic mass is 32.2. The van der Waals surface area contributed by atoms with Gasteiger partial charge in [0.05, 0.1) is 12.6 Å². The van der Waals surface area contributed by atoms with Crippen LogP contribution < -0.4 is 0 Å². The maximum Gasteiger partial charge on any atom is 0.313 e. The number of ether oxygens (including phenoxy) is 1. The van der Waals surface area contributed by atoms with E-state index in [0.29, 0.717) is 6.61 Å². The van der Waals surface area contributed by atoms with Crippen molar-refractivity contribution in [1.29, 1.82) is 0 Å². The van der Waals surface area contributed by atoms with Crippen molar-refractivity contribution in [2.75, 3.05) is 13.2 Å². The van der Waals surface area contributed by atoms with Crippen molar-refractivity contribution in [2.45, 2.75) is 41.6 Å². The normalized spacial score (nSPS) is 35.9. The van der Waals surface area contributed by atoms with Crippen LogP contribution in [0.4, 0.5) is 0 Å². The lowest BCUT2D eigenvalue weighted by Gasteiger charge is -2.23. The second kappa shape index (κ2) is 5.63. The minimum Gasteiger partial charge on any atom is -0.465 e. The van der Waals surface area contributed by atoms with Gasteiger partial charge in [-0.1, -0.05) is 18.2 Å². The minimum absolute atomic E-state index is 0.0458. The number of hydroxylamine groups is 2. The van der Waals surface area contributed by atoms with E-state index >= 15 is 0 Å². The third kappa shape index (κ3) is 2.47. The SMILES string of the molecule is O=C1OCC[C@@H](Sc2ccccc2)[C@H]2ON3CCC[C@@H]3[C@@H]12. The molecular formula is C16H19NO3S. The largest absolute Gasteiger partial charge is 0.465 e. The molecule has 4 nitrogen and oxygen atoms in total. The number of carbonyl (C=O) groups excluding carboxylic acids is 1. The number of nitrogens with zero attached hydrogens (tertiary/aromatic N) is 1. The number of rotatable bonds is 2. The van der Waals surface area contributed by atoms with Crippen molar-refractivity contribution >= 4 is 17.7 Å². The van der Waals surface area contributed by atoms with E-state index in [4.69, 9.17) is 9.57 Å². The Morgan fingerprint density at radius 3 is 2.90 bits per heavy atom. The van der Waals surface area contributed by atoms with E-state index in [2.05, 4.69) is 12.1 Å². The maximum atomic E-state index is 12.3. The van der Waals surface area contributed by atoms with E-state index < -0.39 is 0 Å². The van der Waals surface area contributed by atoms with Crippen LogP contribution in [0.25, 0.3) is 0 Å². The van der Waals surface area contributed by atoms with Gasteiger partial charge in [-0.25, -0.2) is 0 Å². The van der Waals surface area contributed by atoms with Gasteiger partial charge >= 0.3 is 5.97 Å². The molecule has 3 aliphatic heterocycles. The third-order valence-corrected chi connectivity index (χ3v) is 5.94. The zero-order valence-corrected chi connectivity index (χ0v) is 12.6. The highest BCUT2D eigenvalue weighted by molar-refractivity contribution is 8.00. The van der Waals surface area contributed by atoms with Crippen LogP contribution in [0.5, 0.6) is 0 Å². The van der Waals surface area contributed by atoms with Crippen molar-refractivity contribution in [3.63, 3.8) is 0 Å². The molecular weight excluding hydrogens is 286 g/mol. The van der Waals surface area contributed by atoms with Gasteiger partial charge < -0.3 is 4.74 Å². The fourth-order valence-electron chi connectivity index (χ4n) is 3.62. The fourth-order valence-corrected chi connectivity index (χ4v) is 4.85. The van der Waals surface area contributed by atoms with E-state index in [1.807, 2.05) is 35.0 Å². The topological polar surface area (TPSA) is 38.8 Å². The Labute approximate surface area is 128 Å². The van der Waals surface area contributed by atoms with Crippen molar-refractivity contribution in [3.8, 4) is 0 Å². The monoisotopic (exact) mass is 305 g/mol. The predicted molar refractivity (Wildman–Crippen MR) is 79.8 cm³/mol. The average Bonchev–Trinajstić information content (AvgIpc) is 3.03. The number of hydrogen-bond acceptors (Lipinski definition) is 5. The smallest absolute Gasteiger partial charge is 0.313 e. The molecule has 1 aromatic rings. The molecule has 0 N–H and O–H groups in total. The van der Waals surface area contributed by atoms with Gasteiger partial charge in [-0.2, -0.15) is 5.06 Å². The van der Waals surface area contributed by atoms with Gasteiger partial charge in [-0.15, -0.1) is 11.8 Å². The third-order valence-electron chi connectivity index (χ3n) is 4.59. The maximum absolute atomic E-state index is 12.3. The molecule has 0 amide bonds. The van der Waals surface area contributed by atoms with Crippen LogP contribution in [0.1, 0.15) is 19.3 Å². The van der Waals surface area contributed by atoms with E-state index in [1.54, 1.807) is 0 Å². The zero-order valence-electron chi connectivity index (χ0n) is 11.8. The van der Waals surface area contributed by atoms with Gasteiger partial charge in [-0.3, -0.25) is 9.63 Å². The molecule has 1 aromatic carbocycles. The number of esters is 1. The standard InChI is InChI=1S/C16H19NO3S/c18-16-14-12-7-4-9-17(12)20-15(14)13(8-10-19-16)21-11-5-2-1-3-6-11/h1-3,5-6,12-15H,4,7-10H2/t12-,13-,14-,15-/m1/s1. The Morgan fingerprint density at radius 1 is 1.19 bits per heavy atom. The van der Waals surface area contributed by atoms with Crippen molar-refractivity contribution < 1.29 is 14.4 Å². The molecule has 4 rings (SSSR count). The lowest BCUT2D eigenvalue weighted by atomic mass is 9.91. The van der Waals surface area contributed by atoms with Crippen LogP contribution in [0.3, 0.4) is 0 Å². The Hall–Kier alpha value is -1.04. The molecule has 4 atom stereocenters. The molecule has 3 aliphatic rings. The predicted octanol–water partition coefficient (Wildman–Crippen LogP) is 2.49. The van der Waals surface area contributed by atoms with Crippen LogP contribution in [-0.4, -0.2) is 41.6 Å². The summed E-state index contributed by atoms with van der Waals surface area (Å²) in [5.41, 5.74) is 0. The van der Waals surface area contributed by atoms with Crippen molar-refractivity contribution in [3.05, 3.63) is 30.3 Å². The minimum atomic E-state index is -0.115. The molecule has 0 unspecified atom stereocenters. The quantitative estimate of drug-likeness (QED) is 0.785. The lowest BCUT2D eigenvalue weighted by Crippen LogP contribution is -2.36. The van der Waals surface area contributed by atoms with Crippen LogP contribution in [0, 0.1) is 5.92 Å². The first kappa shape index (κ1) is 13.6. The zero-order chi connectivity index (χ0) is 14.2. The number of hydrogen-bond donors (Lipinski definition) is 0. The first-order chi connectivity index (χ1) is 10.3. The highest BCUT2D eigenvalue weighted by Gasteiger charge is 2.53. The first-order valence-electron chi connectivity index (χ1n) is 7.65. The second-order valence-electron chi connectivity index (χ2n) is 5.87. The summed E-state index contributed by atoms with van der Waals surface area (Å²) in [6.07, 6.45) is 2.96. The number of benzene rings is 1. The summed E-state index contributed by atoms with van der Waals surface area (Å²) in [7, 11) is 0. The Morgan fingerprint density at radius 2 is 2.05 bits per heavy atom. The lowest BCUT2D eigenvalue weighted by molar-refractivity contribution is -0.151. The molecule has 0 saturated carbocycles. The van der Waals surface area contributed by atoms with Gasteiger partial charge in [-0.05, 0) is 31.4 Å². The molecule has 3 fully saturated rings. The van der Waals surface area contributed by atoms with E-state index in [-0.39, 0.29) is 29.3 Å². The number of thioether (sulfide) groups is 1. The van der Waals surface area contributed by atoms with Gasteiger partial charge in [0, 0.05) is 16.7 Å². The molecule has 0 bridgehead atoms. The van der Waals surface area contributed by atoms with Crippen LogP contribution >= 0.6 is 11.8 Å². The molecule has 0 radical (unpaired) electrons. The summed E-state index contributed by atoms with van der Waals surface area (Å²) in [6, 6.07) is 10.6. The molecule has 3 heterocycles. The molecule has 21 heavy (non-hydrogen) atoms. The highest BCUT2D eigenvalue weighted by Crippen LogP contribution is 2.43. The molecule has 3 saturated heterocycles. The average molecular weight is 305 g/mol. The Kier molecular flexibility index (Phi) is 3.65. The molecule has 0 aromatic heterocycles. The second-order valence-corrected chi connectivity index (χ2v) is 7.18. The van der Waals surface area contributed by atoms with E-state index in [1.165, 1.54) is 4.90 Å². The summed E-state index contributed by atoms with van der Waals surface area (Å²) < 4.78 is 5.43. The molecule has 5 heteroatoms. The van der Waals surface area contributed by atoms with Crippen LogP contribution in [0.2, 0.25) is 0 Å². The first-order valence-corrected chi connectivity index (χ1v) is 8.52. The van der Waals surface area contributed by atoms with E-state index in [0.717, 1.165) is 25.8 Å². The molecule has 0 spiro atoms. The number of carbonyl (C=O) groups is 1. The van der Waals surface area contributed by atoms with Gasteiger partial charge in [0.15, 0.2) is 0 Å². The van der Waals surface area contributed by atoms with Crippen molar-refractivity contribution in [2.24, 2.45) is 5.92 Å². The number of cyclic esters (lactones) is 1. The summed E-state index contributed by atoms with van der Waals surface area (Å²) in [4.78, 5) is 19.7. The van der Waals surface area contributed by atoms with Gasteiger partial charge in [0.25, 0.3) is 0 Å².